The molecule has 2 aromatic rings. The van der Waals surface area contributed by atoms with E-state index < -0.39 is 11.7 Å². The van der Waals surface area contributed by atoms with Gasteiger partial charge in [-0.3, -0.25) is 9.69 Å². The van der Waals surface area contributed by atoms with Gasteiger partial charge >= 0.3 is 0 Å². The SMILES string of the molecule is C=C(F)C(=O)N1CCN(c2nc(C)c(C#N)c3c2CCN(Cc2ccccc2)C3)CC1. The van der Waals surface area contributed by atoms with Crippen molar-refractivity contribution in [3.8, 4) is 6.07 Å². The minimum absolute atomic E-state index is 0.428. The third-order valence-electron chi connectivity index (χ3n) is 6.09. The van der Waals surface area contributed by atoms with Gasteiger partial charge in [-0.1, -0.05) is 36.9 Å². The summed E-state index contributed by atoms with van der Waals surface area (Å²) < 4.78 is 13.2. The Labute approximate surface area is 182 Å². The molecule has 31 heavy (non-hydrogen) atoms. The van der Waals surface area contributed by atoms with E-state index in [9.17, 15) is 14.4 Å². The van der Waals surface area contributed by atoms with Crippen LogP contribution in [0.4, 0.5) is 10.2 Å². The summed E-state index contributed by atoms with van der Waals surface area (Å²) in [4.78, 5) is 22.7. The van der Waals surface area contributed by atoms with Gasteiger partial charge in [-0.2, -0.15) is 5.26 Å². The second kappa shape index (κ2) is 8.86. The summed E-state index contributed by atoms with van der Waals surface area (Å²) in [6.45, 7) is 9.46. The first kappa shape index (κ1) is 21.0. The number of aromatic nitrogens is 1. The minimum Gasteiger partial charge on any atom is -0.353 e. The van der Waals surface area contributed by atoms with E-state index in [2.05, 4.69) is 34.6 Å². The number of benzene rings is 1. The monoisotopic (exact) mass is 419 g/mol. The molecule has 1 fully saturated rings. The Balaban J connectivity index is 1.57. The van der Waals surface area contributed by atoms with Crippen molar-refractivity contribution in [2.75, 3.05) is 37.6 Å². The van der Waals surface area contributed by atoms with Crippen molar-refractivity contribution in [3.05, 3.63) is 70.7 Å². The summed E-state index contributed by atoms with van der Waals surface area (Å²) in [7, 11) is 0. The summed E-state index contributed by atoms with van der Waals surface area (Å²) in [5.74, 6) is -0.657. The number of anilines is 1. The summed E-state index contributed by atoms with van der Waals surface area (Å²) >= 11 is 0. The third-order valence-corrected chi connectivity index (χ3v) is 6.09. The van der Waals surface area contributed by atoms with Gasteiger partial charge in [-0.25, -0.2) is 9.37 Å². The average molecular weight is 420 g/mol. The second-order valence-electron chi connectivity index (χ2n) is 8.10. The van der Waals surface area contributed by atoms with Gasteiger partial charge in [0.1, 0.15) is 11.9 Å². The molecule has 1 aromatic heterocycles. The molecule has 0 bridgehead atoms. The molecule has 0 aliphatic carbocycles. The molecule has 4 rings (SSSR count). The van der Waals surface area contributed by atoms with Gasteiger partial charge in [-0.15, -0.1) is 0 Å². The molecule has 0 saturated carbocycles. The molecule has 0 atom stereocenters. The number of nitriles is 1. The maximum absolute atomic E-state index is 13.2. The number of fused-ring (bicyclic) bond motifs is 1. The highest BCUT2D eigenvalue weighted by molar-refractivity contribution is 5.90. The first-order chi connectivity index (χ1) is 15.0. The number of nitrogens with zero attached hydrogens (tertiary/aromatic N) is 5. The second-order valence-corrected chi connectivity index (χ2v) is 8.10. The summed E-state index contributed by atoms with van der Waals surface area (Å²) in [5, 5.41) is 9.79. The number of hydrogen-bond donors (Lipinski definition) is 0. The number of rotatable bonds is 4. The van der Waals surface area contributed by atoms with Crippen LogP contribution in [0.1, 0.15) is 27.9 Å². The van der Waals surface area contributed by atoms with Crippen molar-refractivity contribution in [2.24, 2.45) is 0 Å². The van der Waals surface area contributed by atoms with Crippen LogP contribution in [0.25, 0.3) is 0 Å². The summed E-state index contributed by atoms with van der Waals surface area (Å²) in [6, 6.07) is 12.7. The van der Waals surface area contributed by atoms with Crippen molar-refractivity contribution in [1.82, 2.24) is 14.8 Å². The van der Waals surface area contributed by atoms with E-state index in [4.69, 9.17) is 4.98 Å². The summed E-state index contributed by atoms with van der Waals surface area (Å²) in [6.07, 6.45) is 0.819. The lowest BCUT2D eigenvalue weighted by atomic mass is 9.94. The van der Waals surface area contributed by atoms with Crippen LogP contribution in [0.15, 0.2) is 42.7 Å². The Bertz CT molecular complexity index is 1040. The van der Waals surface area contributed by atoms with Gasteiger partial charge in [0, 0.05) is 51.4 Å². The highest BCUT2D eigenvalue weighted by Gasteiger charge is 2.29. The zero-order valence-electron chi connectivity index (χ0n) is 17.8. The molecule has 0 unspecified atom stereocenters. The summed E-state index contributed by atoms with van der Waals surface area (Å²) in [5.41, 5.74) is 4.84. The fraction of sp³-hybridized carbons (Fsp3) is 0.375. The largest absolute Gasteiger partial charge is 0.353 e. The van der Waals surface area contributed by atoms with Crippen LogP contribution in [-0.4, -0.2) is 53.4 Å². The smallest absolute Gasteiger partial charge is 0.282 e. The molecule has 2 aliphatic heterocycles. The fourth-order valence-corrected chi connectivity index (χ4v) is 4.48. The minimum atomic E-state index is -0.920. The number of hydrogen-bond acceptors (Lipinski definition) is 5. The molecule has 1 amide bonds. The third kappa shape index (κ3) is 4.30. The molecule has 1 saturated heterocycles. The van der Waals surface area contributed by atoms with Crippen LogP contribution in [0.5, 0.6) is 0 Å². The Morgan fingerprint density at radius 2 is 1.87 bits per heavy atom. The lowest BCUT2D eigenvalue weighted by Gasteiger charge is -2.38. The van der Waals surface area contributed by atoms with Crippen LogP contribution >= 0.6 is 0 Å². The fourth-order valence-electron chi connectivity index (χ4n) is 4.48. The Morgan fingerprint density at radius 3 is 2.52 bits per heavy atom. The Hall–Kier alpha value is -3.24. The van der Waals surface area contributed by atoms with E-state index in [1.165, 1.54) is 10.5 Å². The van der Waals surface area contributed by atoms with Gasteiger partial charge in [-0.05, 0) is 24.5 Å². The highest BCUT2D eigenvalue weighted by Crippen LogP contribution is 2.32. The van der Waals surface area contributed by atoms with E-state index in [1.54, 1.807) is 0 Å². The van der Waals surface area contributed by atoms with Gasteiger partial charge in [0.25, 0.3) is 5.91 Å². The standard InChI is InChI=1S/C24H26FN5O/c1-17(25)24(31)30-12-10-29(11-13-30)23-20-8-9-28(15-19-6-4-3-5-7-19)16-22(20)21(14-26)18(2)27-23/h3-7H,1,8-13,15-16H2,2H3. The van der Waals surface area contributed by atoms with Crippen molar-refractivity contribution in [1.29, 1.82) is 5.26 Å². The van der Waals surface area contributed by atoms with Crippen LogP contribution in [0.2, 0.25) is 0 Å². The van der Waals surface area contributed by atoms with Gasteiger partial charge in [0.2, 0.25) is 0 Å². The molecule has 3 heterocycles. The van der Waals surface area contributed by atoms with E-state index in [-0.39, 0.29) is 0 Å². The van der Waals surface area contributed by atoms with Gasteiger partial charge in [0.15, 0.2) is 5.83 Å². The number of amides is 1. The van der Waals surface area contributed by atoms with Crippen molar-refractivity contribution in [2.45, 2.75) is 26.4 Å². The number of piperazine rings is 1. The number of carbonyl (C=O) groups is 1. The number of pyridine rings is 1. The van der Waals surface area contributed by atoms with E-state index >= 15 is 0 Å². The molecule has 7 heteroatoms. The number of aryl methyl sites for hydroxylation is 1. The van der Waals surface area contributed by atoms with Gasteiger partial charge in [0.05, 0.1) is 11.3 Å². The van der Waals surface area contributed by atoms with E-state index in [0.717, 1.165) is 42.1 Å². The lowest BCUT2D eigenvalue weighted by molar-refractivity contribution is -0.128. The highest BCUT2D eigenvalue weighted by atomic mass is 19.1. The molecule has 0 spiro atoms. The number of halogens is 1. The van der Waals surface area contributed by atoms with Crippen molar-refractivity contribution >= 4 is 11.7 Å². The van der Waals surface area contributed by atoms with Crippen molar-refractivity contribution in [3.63, 3.8) is 0 Å². The molecule has 6 nitrogen and oxygen atoms in total. The zero-order chi connectivity index (χ0) is 22.0. The molecule has 160 valence electrons. The van der Waals surface area contributed by atoms with Crippen LogP contribution in [-0.2, 0) is 24.3 Å². The predicted octanol–water partition coefficient (Wildman–Crippen LogP) is 2.95. The van der Waals surface area contributed by atoms with E-state index in [1.807, 2.05) is 25.1 Å². The van der Waals surface area contributed by atoms with Crippen LogP contribution in [0, 0.1) is 18.3 Å². The first-order valence-electron chi connectivity index (χ1n) is 10.5. The topological polar surface area (TPSA) is 63.5 Å². The molecular formula is C24H26FN5O. The average Bonchev–Trinajstić information content (AvgIpc) is 2.79. The lowest BCUT2D eigenvalue weighted by Crippen LogP contribution is -2.49. The van der Waals surface area contributed by atoms with Gasteiger partial charge < -0.3 is 9.80 Å². The van der Waals surface area contributed by atoms with Crippen LogP contribution < -0.4 is 4.90 Å². The molecule has 0 N–H and O–H groups in total. The normalized spacial score (nSPS) is 16.5. The predicted molar refractivity (Wildman–Crippen MR) is 117 cm³/mol. The molecule has 2 aliphatic rings. The van der Waals surface area contributed by atoms with Crippen LogP contribution in [0.3, 0.4) is 0 Å². The Morgan fingerprint density at radius 1 is 1.16 bits per heavy atom. The van der Waals surface area contributed by atoms with Crippen molar-refractivity contribution < 1.29 is 9.18 Å². The quantitative estimate of drug-likeness (QED) is 0.713. The maximum atomic E-state index is 13.2. The Kier molecular flexibility index (Phi) is 6.01. The zero-order valence-corrected chi connectivity index (χ0v) is 17.8. The van der Waals surface area contributed by atoms with E-state index in [0.29, 0.717) is 38.3 Å². The molecule has 1 aromatic carbocycles. The molecule has 0 radical (unpaired) electrons. The molecular weight excluding hydrogens is 393 g/mol. The first-order valence-corrected chi connectivity index (χ1v) is 10.5. The maximum Gasteiger partial charge on any atom is 0.282 e. The number of carbonyl (C=O) groups excluding carboxylic acids is 1.